The van der Waals surface area contributed by atoms with Crippen LogP contribution in [0, 0.1) is 0 Å². The first-order chi connectivity index (χ1) is 12.4. The zero-order valence-electron chi connectivity index (χ0n) is 13.9. The van der Waals surface area contributed by atoms with Gasteiger partial charge in [0.15, 0.2) is 0 Å². The number of nitrogens with one attached hydrogen (secondary N) is 1. The lowest BCUT2D eigenvalue weighted by Gasteiger charge is -2.10. The summed E-state index contributed by atoms with van der Waals surface area (Å²) in [5.74, 6) is 1.71. The van der Waals surface area contributed by atoms with Crippen molar-refractivity contribution < 1.29 is 4.74 Å². The van der Waals surface area contributed by atoms with Gasteiger partial charge in [0.25, 0.3) is 0 Å². The highest BCUT2D eigenvalue weighted by Crippen LogP contribution is 2.29. The second-order valence-electron chi connectivity index (χ2n) is 5.95. The molecule has 0 aliphatic heterocycles. The van der Waals surface area contributed by atoms with Crippen LogP contribution in [-0.2, 0) is 6.54 Å². The van der Waals surface area contributed by atoms with E-state index in [0.29, 0.717) is 6.61 Å². The quantitative estimate of drug-likeness (QED) is 0.514. The van der Waals surface area contributed by atoms with Crippen LogP contribution in [0.1, 0.15) is 12.8 Å². The Bertz CT molecular complexity index is 910. The highest BCUT2D eigenvalue weighted by Gasteiger charge is 2.10. The molecule has 0 bridgehead atoms. The molecule has 1 N–H and O–H groups in total. The standard InChI is InChI=1S/C20H20N4O/c1-4-10-19(25-14-6-5-12-24-13-11-21-15-24)16(7-1)20-22-17-8-2-3-9-18(17)23-20/h1-4,7-11,13,15H,5-6,12,14H2,(H,22,23). The summed E-state index contributed by atoms with van der Waals surface area (Å²) in [5.41, 5.74) is 2.99. The first-order valence-electron chi connectivity index (χ1n) is 8.53. The number of aromatic amines is 1. The lowest BCUT2D eigenvalue weighted by atomic mass is 10.2. The summed E-state index contributed by atoms with van der Waals surface area (Å²) < 4.78 is 8.11. The van der Waals surface area contributed by atoms with E-state index in [9.17, 15) is 0 Å². The minimum Gasteiger partial charge on any atom is -0.493 e. The number of fused-ring (bicyclic) bond motifs is 1. The molecule has 0 aliphatic carbocycles. The molecule has 0 radical (unpaired) electrons. The molecule has 0 saturated heterocycles. The Kier molecular flexibility index (Phi) is 4.46. The van der Waals surface area contributed by atoms with Crippen molar-refractivity contribution >= 4 is 11.0 Å². The van der Waals surface area contributed by atoms with Crippen LogP contribution in [0.2, 0.25) is 0 Å². The number of nitrogens with zero attached hydrogens (tertiary/aromatic N) is 3. The molecule has 126 valence electrons. The molecule has 4 rings (SSSR count). The smallest absolute Gasteiger partial charge is 0.142 e. The molecular formula is C20H20N4O. The van der Waals surface area contributed by atoms with Gasteiger partial charge in [0, 0.05) is 18.9 Å². The summed E-state index contributed by atoms with van der Waals surface area (Å²) in [6, 6.07) is 16.1. The first-order valence-corrected chi connectivity index (χ1v) is 8.53. The zero-order valence-corrected chi connectivity index (χ0v) is 13.9. The van der Waals surface area contributed by atoms with Crippen LogP contribution in [0.5, 0.6) is 5.75 Å². The van der Waals surface area contributed by atoms with Gasteiger partial charge < -0.3 is 14.3 Å². The predicted octanol–water partition coefficient (Wildman–Crippen LogP) is 4.29. The Labute approximate surface area is 146 Å². The fraction of sp³-hybridized carbons (Fsp3) is 0.200. The van der Waals surface area contributed by atoms with Crippen LogP contribution in [-0.4, -0.2) is 26.1 Å². The van der Waals surface area contributed by atoms with Crippen molar-refractivity contribution in [1.82, 2.24) is 19.5 Å². The third-order valence-corrected chi connectivity index (χ3v) is 4.16. The Hall–Kier alpha value is -3.08. The van der Waals surface area contributed by atoms with Gasteiger partial charge in [0.05, 0.1) is 29.5 Å². The van der Waals surface area contributed by atoms with E-state index in [1.54, 1.807) is 6.20 Å². The average molecular weight is 332 g/mol. The van der Waals surface area contributed by atoms with Crippen LogP contribution in [0.25, 0.3) is 22.4 Å². The fourth-order valence-corrected chi connectivity index (χ4v) is 2.87. The maximum atomic E-state index is 6.02. The van der Waals surface area contributed by atoms with Gasteiger partial charge in [-0.25, -0.2) is 9.97 Å². The third-order valence-electron chi connectivity index (χ3n) is 4.16. The number of para-hydroxylation sites is 3. The average Bonchev–Trinajstić information content (AvgIpc) is 3.31. The number of imidazole rings is 2. The Morgan fingerprint density at radius 3 is 2.76 bits per heavy atom. The number of H-pyrrole nitrogens is 1. The second-order valence-corrected chi connectivity index (χ2v) is 5.95. The van der Waals surface area contributed by atoms with Gasteiger partial charge in [-0.1, -0.05) is 24.3 Å². The van der Waals surface area contributed by atoms with Crippen molar-refractivity contribution in [3.05, 3.63) is 67.3 Å². The number of rotatable bonds is 7. The topological polar surface area (TPSA) is 55.7 Å². The summed E-state index contributed by atoms with van der Waals surface area (Å²) >= 11 is 0. The largest absolute Gasteiger partial charge is 0.493 e. The van der Waals surface area contributed by atoms with Crippen molar-refractivity contribution in [2.75, 3.05) is 6.61 Å². The molecule has 0 saturated carbocycles. The SMILES string of the molecule is c1ccc(-c2nc3ccccc3[nH]2)c(OCCCCn2ccnc2)c1. The van der Waals surface area contributed by atoms with Gasteiger partial charge in [-0.15, -0.1) is 0 Å². The van der Waals surface area contributed by atoms with Crippen molar-refractivity contribution in [3.63, 3.8) is 0 Å². The first kappa shape index (κ1) is 15.4. The molecule has 0 spiro atoms. The van der Waals surface area contributed by atoms with E-state index in [4.69, 9.17) is 4.74 Å². The molecular weight excluding hydrogens is 312 g/mol. The van der Waals surface area contributed by atoms with Gasteiger partial charge in [0.1, 0.15) is 11.6 Å². The normalized spacial score (nSPS) is 11.0. The van der Waals surface area contributed by atoms with E-state index < -0.39 is 0 Å². The van der Waals surface area contributed by atoms with Gasteiger partial charge in [-0.05, 0) is 37.1 Å². The lowest BCUT2D eigenvalue weighted by molar-refractivity contribution is 0.304. The maximum Gasteiger partial charge on any atom is 0.142 e. The summed E-state index contributed by atoms with van der Waals surface area (Å²) in [7, 11) is 0. The van der Waals surface area contributed by atoms with Gasteiger partial charge in [0.2, 0.25) is 0 Å². The van der Waals surface area contributed by atoms with E-state index in [1.807, 2.05) is 61.1 Å². The second kappa shape index (κ2) is 7.21. The predicted molar refractivity (Wildman–Crippen MR) is 98.5 cm³/mol. The summed E-state index contributed by atoms with van der Waals surface area (Å²) in [5, 5.41) is 0. The summed E-state index contributed by atoms with van der Waals surface area (Å²) in [6.45, 7) is 1.65. The summed E-state index contributed by atoms with van der Waals surface area (Å²) in [6.07, 6.45) is 7.69. The molecule has 25 heavy (non-hydrogen) atoms. The highest BCUT2D eigenvalue weighted by atomic mass is 16.5. The maximum absolute atomic E-state index is 6.02. The zero-order chi connectivity index (χ0) is 16.9. The Balaban J connectivity index is 1.42. The summed E-state index contributed by atoms with van der Waals surface area (Å²) in [4.78, 5) is 12.1. The number of ether oxygens (including phenoxy) is 1. The van der Waals surface area contributed by atoms with Crippen LogP contribution in [0.4, 0.5) is 0 Å². The van der Waals surface area contributed by atoms with E-state index in [1.165, 1.54) is 0 Å². The lowest BCUT2D eigenvalue weighted by Crippen LogP contribution is -2.02. The molecule has 2 aromatic carbocycles. The molecule has 5 heteroatoms. The number of aryl methyl sites for hydroxylation is 1. The minimum absolute atomic E-state index is 0.686. The molecule has 2 aromatic heterocycles. The minimum atomic E-state index is 0.686. The molecule has 0 atom stereocenters. The van der Waals surface area contributed by atoms with Crippen molar-refractivity contribution in [2.24, 2.45) is 0 Å². The van der Waals surface area contributed by atoms with E-state index in [-0.39, 0.29) is 0 Å². The van der Waals surface area contributed by atoms with Crippen LogP contribution < -0.4 is 4.74 Å². The van der Waals surface area contributed by atoms with Crippen molar-refractivity contribution in [2.45, 2.75) is 19.4 Å². The van der Waals surface area contributed by atoms with Crippen molar-refractivity contribution in [3.8, 4) is 17.1 Å². The van der Waals surface area contributed by atoms with Crippen molar-refractivity contribution in [1.29, 1.82) is 0 Å². The molecule has 0 unspecified atom stereocenters. The van der Waals surface area contributed by atoms with Gasteiger partial charge in [-0.3, -0.25) is 0 Å². The molecule has 4 aromatic rings. The Morgan fingerprint density at radius 2 is 1.88 bits per heavy atom. The van der Waals surface area contributed by atoms with Crippen LogP contribution in [0.3, 0.4) is 0 Å². The molecule has 5 nitrogen and oxygen atoms in total. The van der Waals surface area contributed by atoms with Gasteiger partial charge in [-0.2, -0.15) is 0 Å². The third kappa shape index (κ3) is 3.55. The molecule has 0 fully saturated rings. The van der Waals surface area contributed by atoms with Crippen LogP contribution >= 0.6 is 0 Å². The van der Waals surface area contributed by atoms with E-state index >= 15 is 0 Å². The number of hydrogen-bond acceptors (Lipinski definition) is 3. The van der Waals surface area contributed by atoms with E-state index in [0.717, 1.165) is 47.6 Å². The van der Waals surface area contributed by atoms with Gasteiger partial charge >= 0.3 is 0 Å². The number of hydrogen-bond donors (Lipinski definition) is 1. The number of benzene rings is 2. The Morgan fingerprint density at radius 1 is 1.00 bits per heavy atom. The molecule has 0 amide bonds. The number of aromatic nitrogens is 4. The number of unbranched alkanes of at least 4 members (excludes halogenated alkanes) is 1. The highest BCUT2D eigenvalue weighted by molar-refractivity contribution is 5.80. The van der Waals surface area contributed by atoms with E-state index in [2.05, 4.69) is 19.5 Å². The fourth-order valence-electron chi connectivity index (χ4n) is 2.87. The van der Waals surface area contributed by atoms with Crippen LogP contribution in [0.15, 0.2) is 67.3 Å². The monoisotopic (exact) mass is 332 g/mol. The molecule has 0 aliphatic rings. The molecule has 2 heterocycles.